The summed E-state index contributed by atoms with van der Waals surface area (Å²) in [6.45, 7) is 2.02. The molecule has 1 fully saturated rings. The van der Waals surface area contributed by atoms with Gasteiger partial charge in [-0.3, -0.25) is 0 Å². The van der Waals surface area contributed by atoms with E-state index in [0.717, 1.165) is 11.5 Å². The minimum absolute atomic E-state index is 0.662. The summed E-state index contributed by atoms with van der Waals surface area (Å²) in [7, 11) is 0. The van der Waals surface area contributed by atoms with Crippen molar-refractivity contribution in [1.82, 2.24) is 9.97 Å². The van der Waals surface area contributed by atoms with E-state index in [1.54, 1.807) is 0 Å². The lowest BCUT2D eigenvalue weighted by atomic mass is 9.85. The van der Waals surface area contributed by atoms with Crippen LogP contribution < -0.4 is 0 Å². The normalized spacial score (nSPS) is 17.9. The predicted molar refractivity (Wildman–Crippen MR) is 43.4 cm³/mol. The van der Waals surface area contributed by atoms with Crippen LogP contribution in [-0.2, 0) is 0 Å². The molecule has 2 rings (SSSR count). The molecule has 2 heteroatoms. The second-order valence-electron chi connectivity index (χ2n) is 3.18. The van der Waals surface area contributed by atoms with Crippen LogP contribution in [0.4, 0.5) is 0 Å². The molecule has 1 aromatic heterocycles. The summed E-state index contributed by atoms with van der Waals surface area (Å²) in [5.41, 5.74) is 1.09. The Morgan fingerprint density at radius 3 is 2.82 bits per heavy atom. The average molecular weight is 148 g/mol. The number of hydrogen-bond donors (Lipinski definition) is 0. The Balaban J connectivity index is 2.23. The third kappa shape index (κ3) is 1.25. The molecular weight excluding hydrogens is 136 g/mol. The molecule has 1 saturated carbocycles. The van der Waals surface area contributed by atoms with E-state index < -0.39 is 0 Å². The first-order valence-electron chi connectivity index (χ1n) is 4.16. The molecule has 0 saturated heterocycles. The van der Waals surface area contributed by atoms with Crippen LogP contribution >= 0.6 is 0 Å². The first-order valence-corrected chi connectivity index (χ1v) is 4.16. The lowest BCUT2D eigenvalue weighted by Gasteiger charge is -2.23. The first kappa shape index (κ1) is 6.77. The van der Waals surface area contributed by atoms with Crippen LogP contribution in [0.3, 0.4) is 0 Å². The second-order valence-corrected chi connectivity index (χ2v) is 3.18. The van der Waals surface area contributed by atoms with E-state index in [0.29, 0.717) is 5.92 Å². The van der Waals surface area contributed by atoms with Gasteiger partial charge in [0.2, 0.25) is 0 Å². The van der Waals surface area contributed by atoms with Crippen molar-refractivity contribution in [3.05, 3.63) is 23.8 Å². The van der Waals surface area contributed by atoms with Crippen LogP contribution in [0.15, 0.2) is 12.3 Å². The van der Waals surface area contributed by atoms with Gasteiger partial charge in [-0.05, 0) is 25.8 Å². The zero-order valence-corrected chi connectivity index (χ0v) is 6.75. The fourth-order valence-corrected chi connectivity index (χ4v) is 1.33. The lowest BCUT2D eigenvalue weighted by Crippen LogP contribution is -2.12. The van der Waals surface area contributed by atoms with Crippen LogP contribution in [-0.4, -0.2) is 9.97 Å². The maximum Gasteiger partial charge on any atom is 0.131 e. The molecule has 58 valence electrons. The maximum atomic E-state index is 4.38. The molecule has 2 nitrogen and oxygen atoms in total. The van der Waals surface area contributed by atoms with Gasteiger partial charge in [0.15, 0.2) is 0 Å². The van der Waals surface area contributed by atoms with Gasteiger partial charge in [0.1, 0.15) is 5.82 Å². The molecular formula is C9H12N2. The van der Waals surface area contributed by atoms with Crippen molar-refractivity contribution in [2.75, 3.05) is 0 Å². The van der Waals surface area contributed by atoms with E-state index in [1.807, 2.05) is 19.2 Å². The molecule has 0 bridgehead atoms. The molecule has 11 heavy (non-hydrogen) atoms. The van der Waals surface area contributed by atoms with Crippen LogP contribution in [0, 0.1) is 6.92 Å². The summed E-state index contributed by atoms with van der Waals surface area (Å²) in [6.07, 6.45) is 5.77. The topological polar surface area (TPSA) is 25.8 Å². The second kappa shape index (κ2) is 2.61. The molecule has 0 N–H and O–H groups in total. The van der Waals surface area contributed by atoms with Crippen LogP contribution in [0.25, 0.3) is 0 Å². The SMILES string of the molecule is Cc1ccnc(C2CCC2)n1. The van der Waals surface area contributed by atoms with E-state index in [-0.39, 0.29) is 0 Å². The highest BCUT2D eigenvalue weighted by molar-refractivity contribution is 5.05. The fraction of sp³-hybridized carbons (Fsp3) is 0.556. The number of aromatic nitrogens is 2. The smallest absolute Gasteiger partial charge is 0.131 e. The lowest BCUT2D eigenvalue weighted by molar-refractivity contribution is 0.400. The van der Waals surface area contributed by atoms with Gasteiger partial charge >= 0.3 is 0 Å². The van der Waals surface area contributed by atoms with Crippen molar-refractivity contribution >= 4 is 0 Å². The molecule has 1 heterocycles. The first-order chi connectivity index (χ1) is 5.36. The fourth-order valence-electron chi connectivity index (χ4n) is 1.33. The molecule has 0 amide bonds. The van der Waals surface area contributed by atoms with Crippen LogP contribution in [0.5, 0.6) is 0 Å². The van der Waals surface area contributed by atoms with Crippen molar-refractivity contribution in [3.63, 3.8) is 0 Å². The molecule has 0 radical (unpaired) electrons. The van der Waals surface area contributed by atoms with Crippen LogP contribution in [0.2, 0.25) is 0 Å². The highest BCUT2D eigenvalue weighted by atomic mass is 14.9. The molecule has 0 unspecified atom stereocenters. The largest absolute Gasteiger partial charge is 0.241 e. The predicted octanol–water partition coefficient (Wildman–Crippen LogP) is 2.05. The summed E-state index contributed by atoms with van der Waals surface area (Å²) in [6, 6.07) is 1.95. The van der Waals surface area contributed by atoms with E-state index in [2.05, 4.69) is 9.97 Å². The molecule has 0 aromatic carbocycles. The Kier molecular flexibility index (Phi) is 1.60. The maximum absolute atomic E-state index is 4.38. The number of aryl methyl sites for hydroxylation is 1. The summed E-state index contributed by atoms with van der Waals surface area (Å²) >= 11 is 0. The molecule has 0 atom stereocenters. The highest BCUT2D eigenvalue weighted by Crippen LogP contribution is 2.33. The summed E-state index contributed by atoms with van der Waals surface area (Å²) in [5, 5.41) is 0. The van der Waals surface area contributed by atoms with Gasteiger partial charge in [0.25, 0.3) is 0 Å². The minimum Gasteiger partial charge on any atom is -0.241 e. The molecule has 1 aliphatic rings. The van der Waals surface area contributed by atoms with Gasteiger partial charge in [-0.2, -0.15) is 0 Å². The summed E-state index contributed by atoms with van der Waals surface area (Å²) in [5.74, 6) is 1.71. The molecule has 0 aliphatic heterocycles. The van der Waals surface area contributed by atoms with Crippen molar-refractivity contribution in [3.8, 4) is 0 Å². The van der Waals surface area contributed by atoms with E-state index >= 15 is 0 Å². The molecule has 1 aromatic rings. The van der Waals surface area contributed by atoms with Gasteiger partial charge in [0.05, 0.1) is 0 Å². The monoisotopic (exact) mass is 148 g/mol. The van der Waals surface area contributed by atoms with E-state index in [9.17, 15) is 0 Å². The average Bonchev–Trinajstić information content (AvgIpc) is 1.83. The number of rotatable bonds is 1. The van der Waals surface area contributed by atoms with Crippen molar-refractivity contribution < 1.29 is 0 Å². The zero-order valence-electron chi connectivity index (χ0n) is 6.75. The Bertz CT molecular complexity index is 253. The van der Waals surface area contributed by atoms with E-state index in [1.165, 1.54) is 19.3 Å². The van der Waals surface area contributed by atoms with Gasteiger partial charge in [-0.15, -0.1) is 0 Å². The standard InChI is InChI=1S/C9H12N2/c1-7-5-6-10-9(11-7)8-3-2-4-8/h5-6,8H,2-4H2,1H3. The van der Waals surface area contributed by atoms with Gasteiger partial charge in [-0.25, -0.2) is 9.97 Å². The zero-order chi connectivity index (χ0) is 7.68. The Hall–Kier alpha value is -0.920. The highest BCUT2D eigenvalue weighted by Gasteiger charge is 2.21. The molecule has 1 aliphatic carbocycles. The van der Waals surface area contributed by atoms with Gasteiger partial charge < -0.3 is 0 Å². The van der Waals surface area contributed by atoms with Gasteiger partial charge in [-0.1, -0.05) is 6.42 Å². The number of hydrogen-bond acceptors (Lipinski definition) is 2. The minimum atomic E-state index is 0.662. The summed E-state index contributed by atoms with van der Waals surface area (Å²) in [4.78, 5) is 8.63. The van der Waals surface area contributed by atoms with Gasteiger partial charge in [0, 0.05) is 17.8 Å². The third-order valence-electron chi connectivity index (χ3n) is 2.28. The Morgan fingerprint density at radius 2 is 2.27 bits per heavy atom. The van der Waals surface area contributed by atoms with Crippen LogP contribution in [0.1, 0.15) is 36.7 Å². The summed E-state index contributed by atoms with van der Waals surface area (Å²) < 4.78 is 0. The third-order valence-corrected chi connectivity index (χ3v) is 2.28. The number of nitrogens with zero attached hydrogens (tertiary/aromatic N) is 2. The van der Waals surface area contributed by atoms with E-state index in [4.69, 9.17) is 0 Å². The van der Waals surface area contributed by atoms with Crippen molar-refractivity contribution in [2.45, 2.75) is 32.1 Å². The quantitative estimate of drug-likeness (QED) is 0.609. The van der Waals surface area contributed by atoms with Crippen molar-refractivity contribution in [1.29, 1.82) is 0 Å². The van der Waals surface area contributed by atoms with Crippen molar-refractivity contribution in [2.24, 2.45) is 0 Å². The Morgan fingerprint density at radius 1 is 1.45 bits per heavy atom. The molecule has 0 spiro atoms. The Labute approximate surface area is 66.7 Å².